The van der Waals surface area contributed by atoms with Crippen molar-refractivity contribution in [1.82, 2.24) is 4.90 Å². The van der Waals surface area contributed by atoms with E-state index in [-0.39, 0.29) is 0 Å². The van der Waals surface area contributed by atoms with Crippen LogP contribution in [0.2, 0.25) is 0 Å². The lowest BCUT2D eigenvalue weighted by molar-refractivity contribution is 0.0377. The number of likely N-dealkylation sites (tertiary alicyclic amines) is 1. The summed E-state index contributed by atoms with van der Waals surface area (Å²) in [6.07, 6.45) is 3.31. The van der Waals surface area contributed by atoms with Crippen LogP contribution >= 0.6 is 0 Å². The Morgan fingerprint density at radius 1 is 1.15 bits per heavy atom. The van der Waals surface area contributed by atoms with Crippen molar-refractivity contribution in [3.05, 3.63) is 23.8 Å². The number of nitrogens with zero attached hydrogens (tertiary/aromatic N) is 1. The molecular weight excluding hydrogens is 254 g/mol. The van der Waals surface area contributed by atoms with Gasteiger partial charge in [-0.15, -0.1) is 0 Å². The average molecular weight is 277 g/mol. The van der Waals surface area contributed by atoms with Gasteiger partial charge in [0.05, 0.1) is 5.60 Å². The van der Waals surface area contributed by atoms with Crippen molar-refractivity contribution in [2.75, 3.05) is 32.8 Å². The third-order valence-electron chi connectivity index (χ3n) is 4.28. The molecule has 4 nitrogen and oxygen atoms in total. The van der Waals surface area contributed by atoms with E-state index < -0.39 is 5.60 Å². The highest BCUT2D eigenvalue weighted by Gasteiger charge is 2.26. The number of aliphatic hydroxyl groups is 1. The maximum absolute atomic E-state index is 10.7. The van der Waals surface area contributed by atoms with E-state index in [1.165, 1.54) is 12.8 Å². The first-order chi connectivity index (χ1) is 9.65. The number of rotatable bonds is 4. The van der Waals surface area contributed by atoms with Gasteiger partial charge in [-0.2, -0.15) is 0 Å². The third kappa shape index (κ3) is 2.91. The normalized spacial score (nSPS) is 21.7. The van der Waals surface area contributed by atoms with Gasteiger partial charge in [0.25, 0.3) is 0 Å². The molecule has 0 bridgehead atoms. The first kappa shape index (κ1) is 13.7. The standard InChI is InChI=1S/C16H23NO3/c1-16(18,6-9-17-7-2-3-8-17)13-4-5-14-15(12-13)20-11-10-19-14/h4-5,12,18H,2-3,6-11H2,1H3. The number of hydrogen-bond acceptors (Lipinski definition) is 4. The van der Waals surface area contributed by atoms with Gasteiger partial charge in [0.15, 0.2) is 11.5 Å². The fourth-order valence-electron chi connectivity index (χ4n) is 2.90. The molecule has 1 fully saturated rings. The van der Waals surface area contributed by atoms with Gasteiger partial charge in [-0.05, 0) is 57.0 Å². The van der Waals surface area contributed by atoms with E-state index in [4.69, 9.17) is 9.47 Å². The van der Waals surface area contributed by atoms with Crippen LogP contribution in [-0.4, -0.2) is 42.9 Å². The summed E-state index contributed by atoms with van der Waals surface area (Å²) in [7, 11) is 0. The third-order valence-corrected chi connectivity index (χ3v) is 4.28. The monoisotopic (exact) mass is 277 g/mol. The number of hydrogen-bond donors (Lipinski definition) is 1. The van der Waals surface area contributed by atoms with E-state index in [1.807, 2.05) is 25.1 Å². The fourth-order valence-corrected chi connectivity index (χ4v) is 2.90. The van der Waals surface area contributed by atoms with Gasteiger partial charge in [0, 0.05) is 6.54 Å². The average Bonchev–Trinajstić information content (AvgIpc) is 2.98. The lowest BCUT2D eigenvalue weighted by atomic mass is 9.92. The van der Waals surface area contributed by atoms with Crippen LogP contribution in [0.25, 0.3) is 0 Å². The first-order valence-electron chi connectivity index (χ1n) is 7.50. The van der Waals surface area contributed by atoms with Crippen LogP contribution in [0.3, 0.4) is 0 Å². The second kappa shape index (κ2) is 5.62. The molecule has 0 aromatic heterocycles. The molecule has 0 amide bonds. The molecule has 0 saturated carbocycles. The van der Waals surface area contributed by atoms with E-state index in [9.17, 15) is 5.11 Å². The Hall–Kier alpha value is -1.26. The molecule has 1 N–H and O–H groups in total. The molecule has 1 aromatic rings. The number of fused-ring (bicyclic) bond motifs is 1. The van der Waals surface area contributed by atoms with Crippen LogP contribution in [-0.2, 0) is 5.60 Å². The molecule has 0 radical (unpaired) electrons. The highest BCUT2D eigenvalue weighted by atomic mass is 16.6. The summed E-state index contributed by atoms with van der Waals surface area (Å²) in [6, 6.07) is 5.75. The Labute approximate surface area is 120 Å². The summed E-state index contributed by atoms with van der Waals surface area (Å²) in [4.78, 5) is 2.42. The fraction of sp³-hybridized carbons (Fsp3) is 0.625. The van der Waals surface area contributed by atoms with E-state index >= 15 is 0 Å². The molecular formula is C16H23NO3. The molecule has 0 spiro atoms. The minimum Gasteiger partial charge on any atom is -0.486 e. The van der Waals surface area contributed by atoms with Gasteiger partial charge < -0.3 is 19.5 Å². The van der Waals surface area contributed by atoms with Crippen LogP contribution < -0.4 is 9.47 Å². The molecule has 4 heteroatoms. The quantitative estimate of drug-likeness (QED) is 0.915. The Morgan fingerprint density at radius 3 is 2.60 bits per heavy atom. The topological polar surface area (TPSA) is 41.9 Å². The molecule has 0 aliphatic carbocycles. The van der Waals surface area contributed by atoms with Crippen molar-refractivity contribution >= 4 is 0 Å². The van der Waals surface area contributed by atoms with Crippen molar-refractivity contribution in [2.24, 2.45) is 0 Å². The molecule has 20 heavy (non-hydrogen) atoms. The second-order valence-corrected chi connectivity index (χ2v) is 5.93. The largest absolute Gasteiger partial charge is 0.486 e. The zero-order valence-corrected chi connectivity index (χ0v) is 12.1. The van der Waals surface area contributed by atoms with Crippen LogP contribution in [0.4, 0.5) is 0 Å². The molecule has 2 aliphatic rings. The molecule has 1 unspecified atom stereocenters. The highest BCUT2D eigenvalue weighted by Crippen LogP contribution is 2.35. The van der Waals surface area contributed by atoms with E-state index in [0.29, 0.717) is 13.2 Å². The summed E-state index contributed by atoms with van der Waals surface area (Å²) >= 11 is 0. The minimum atomic E-state index is -0.821. The van der Waals surface area contributed by atoms with Crippen molar-refractivity contribution in [1.29, 1.82) is 0 Å². The lowest BCUT2D eigenvalue weighted by Gasteiger charge is -2.28. The van der Waals surface area contributed by atoms with E-state index in [1.54, 1.807) is 0 Å². The highest BCUT2D eigenvalue weighted by molar-refractivity contribution is 5.45. The second-order valence-electron chi connectivity index (χ2n) is 5.93. The summed E-state index contributed by atoms with van der Waals surface area (Å²) in [5, 5.41) is 10.7. The first-order valence-corrected chi connectivity index (χ1v) is 7.50. The maximum atomic E-state index is 10.7. The SMILES string of the molecule is CC(O)(CCN1CCCC1)c1ccc2c(c1)OCCO2. The Kier molecular flexibility index (Phi) is 3.85. The molecule has 110 valence electrons. The Balaban J connectivity index is 1.69. The smallest absolute Gasteiger partial charge is 0.161 e. The Morgan fingerprint density at radius 2 is 1.85 bits per heavy atom. The predicted molar refractivity (Wildman–Crippen MR) is 77.3 cm³/mol. The summed E-state index contributed by atoms with van der Waals surface area (Å²) in [6.45, 7) is 6.33. The van der Waals surface area contributed by atoms with Crippen molar-refractivity contribution in [3.63, 3.8) is 0 Å². The Bertz CT molecular complexity index is 467. The minimum absolute atomic E-state index is 0.576. The molecule has 1 saturated heterocycles. The zero-order valence-electron chi connectivity index (χ0n) is 12.1. The maximum Gasteiger partial charge on any atom is 0.161 e. The van der Waals surface area contributed by atoms with E-state index in [0.717, 1.165) is 43.1 Å². The molecule has 3 rings (SSSR count). The molecule has 2 aliphatic heterocycles. The van der Waals surface area contributed by atoms with Crippen molar-refractivity contribution in [2.45, 2.75) is 31.8 Å². The van der Waals surface area contributed by atoms with Crippen molar-refractivity contribution < 1.29 is 14.6 Å². The molecule has 1 aromatic carbocycles. The van der Waals surface area contributed by atoms with Gasteiger partial charge in [0.1, 0.15) is 13.2 Å². The number of ether oxygens (including phenoxy) is 2. The van der Waals surface area contributed by atoms with Crippen LogP contribution in [0.1, 0.15) is 31.7 Å². The summed E-state index contributed by atoms with van der Waals surface area (Å²) in [5.74, 6) is 1.52. The summed E-state index contributed by atoms with van der Waals surface area (Å²) in [5.41, 5.74) is 0.0826. The van der Waals surface area contributed by atoms with Crippen LogP contribution in [0.15, 0.2) is 18.2 Å². The van der Waals surface area contributed by atoms with Gasteiger partial charge in [-0.3, -0.25) is 0 Å². The van der Waals surface area contributed by atoms with Gasteiger partial charge >= 0.3 is 0 Å². The molecule has 1 atom stereocenters. The van der Waals surface area contributed by atoms with Gasteiger partial charge in [-0.1, -0.05) is 6.07 Å². The summed E-state index contributed by atoms with van der Waals surface area (Å²) < 4.78 is 11.1. The van der Waals surface area contributed by atoms with Crippen LogP contribution in [0.5, 0.6) is 11.5 Å². The zero-order chi connectivity index (χ0) is 14.0. The van der Waals surface area contributed by atoms with Crippen molar-refractivity contribution in [3.8, 4) is 11.5 Å². The van der Waals surface area contributed by atoms with Gasteiger partial charge in [-0.25, -0.2) is 0 Å². The van der Waals surface area contributed by atoms with E-state index in [2.05, 4.69) is 4.90 Å². The molecule has 2 heterocycles. The lowest BCUT2D eigenvalue weighted by Crippen LogP contribution is -2.30. The van der Waals surface area contributed by atoms with Gasteiger partial charge in [0.2, 0.25) is 0 Å². The predicted octanol–water partition coefficient (Wildman–Crippen LogP) is 2.15. The van der Waals surface area contributed by atoms with Crippen LogP contribution in [0, 0.1) is 0 Å². The number of benzene rings is 1.